The van der Waals surface area contributed by atoms with Crippen molar-refractivity contribution in [2.45, 2.75) is 19.4 Å². The van der Waals surface area contributed by atoms with Crippen LogP contribution in [0.15, 0.2) is 30.9 Å². The van der Waals surface area contributed by atoms with Gasteiger partial charge in [-0.25, -0.2) is 0 Å². The largest absolute Gasteiger partial charge is 0.321 e. The van der Waals surface area contributed by atoms with Crippen molar-refractivity contribution in [2.24, 2.45) is 5.73 Å². The molecule has 1 rings (SSSR count). The molecule has 72 valence electrons. The molecule has 0 aromatic heterocycles. The molecule has 0 heterocycles. The van der Waals surface area contributed by atoms with Crippen LogP contribution in [0.2, 0.25) is 0 Å². The number of hydrogen-bond acceptors (Lipinski definition) is 2. The first kappa shape index (κ1) is 10.5. The number of aryl methyl sites for hydroxylation is 1. The molecule has 0 spiro atoms. The summed E-state index contributed by atoms with van der Waals surface area (Å²) in [5.74, 6) is 0. The van der Waals surface area contributed by atoms with E-state index in [1.54, 1.807) is 12.1 Å². The summed E-state index contributed by atoms with van der Waals surface area (Å²) >= 11 is 0. The molecule has 0 fully saturated rings. The highest BCUT2D eigenvalue weighted by Crippen LogP contribution is 2.19. The summed E-state index contributed by atoms with van der Waals surface area (Å²) < 4.78 is 0. The Balaban J connectivity index is 3.19. The molecule has 0 aliphatic heterocycles. The van der Waals surface area contributed by atoms with E-state index in [9.17, 15) is 0 Å². The van der Waals surface area contributed by atoms with Gasteiger partial charge in [0.05, 0.1) is 11.6 Å². The van der Waals surface area contributed by atoms with Crippen LogP contribution < -0.4 is 5.73 Å². The average Bonchev–Trinajstić information content (AvgIpc) is 2.27. The number of hydrogen-bond donors (Lipinski definition) is 1. The fourth-order valence-electron chi connectivity index (χ4n) is 1.43. The van der Waals surface area contributed by atoms with Gasteiger partial charge in [-0.3, -0.25) is 0 Å². The summed E-state index contributed by atoms with van der Waals surface area (Å²) in [4.78, 5) is 0. The van der Waals surface area contributed by atoms with Crippen molar-refractivity contribution in [1.82, 2.24) is 0 Å². The Bertz CT molecular complexity index is 374. The van der Waals surface area contributed by atoms with Crippen molar-refractivity contribution in [3.63, 3.8) is 0 Å². The summed E-state index contributed by atoms with van der Waals surface area (Å²) in [6, 6.07) is 7.56. The SMILES string of the molecule is C=CC(N)c1ccc(C#N)cc1CC. The van der Waals surface area contributed by atoms with E-state index < -0.39 is 0 Å². The third-order valence-electron chi connectivity index (χ3n) is 2.27. The highest BCUT2D eigenvalue weighted by Gasteiger charge is 2.07. The molecule has 0 aliphatic carbocycles. The third kappa shape index (κ3) is 2.01. The van der Waals surface area contributed by atoms with Gasteiger partial charge in [-0.2, -0.15) is 5.26 Å². The summed E-state index contributed by atoms with van der Waals surface area (Å²) in [5, 5.41) is 8.74. The molecule has 1 aromatic carbocycles. The van der Waals surface area contributed by atoms with Gasteiger partial charge >= 0.3 is 0 Å². The molecule has 0 amide bonds. The van der Waals surface area contributed by atoms with Gasteiger partial charge in [-0.15, -0.1) is 6.58 Å². The van der Waals surface area contributed by atoms with E-state index in [0.717, 1.165) is 17.5 Å². The second-order valence-corrected chi connectivity index (χ2v) is 3.14. The first-order chi connectivity index (χ1) is 6.72. The summed E-state index contributed by atoms with van der Waals surface area (Å²) in [6.07, 6.45) is 2.59. The van der Waals surface area contributed by atoms with Gasteiger partial charge in [0, 0.05) is 6.04 Å². The molecular weight excluding hydrogens is 172 g/mol. The normalized spacial score (nSPS) is 11.8. The predicted molar refractivity (Wildman–Crippen MR) is 57.7 cm³/mol. The Morgan fingerprint density at radius 3 is 2.86 bits per heavy atom. The Labute approximate surface area is 84.7 Å². The Morgan fingerprint density at radius 2 is 2.36 bits per heavy atom. The van der Waals surface area contributed by atoms with Crippen LogP contribution in [0.3, 0.4) is 0 Å². The van der Waals surface area contributed by atoms with Crippen molar-refractivity contribution in [1.29, 1.82) is 5.26 Å². The van der Waals surface area contributed by atoms with Crippen LogP contribution in [0.5, 0.6) is 0 Å². The molecule has 2 heteroatoms. The predicted octanol–water partition coefficient (Wildman–Crippen LogP) is 2.31. The summed E-state index contributed by atoms with van der Waals surface area (Å²) in [6.45, 7) is 5.72. The van der Waals surface area contributed by atoms with Crippen molar-refractivity contribution in [3.8, 4) is 6.07 Å². The number of nitriles is 1. The molecule has 0 radical (unpaired) electrons. The van der Waals surface area contributed by atoms with Gasteiger partial charge in [-0.1, -0.05) is 19.1 Å². The van der Waals surface area contributed by atoms with Crippen LogP contribution in [0.4, 0.5) is 0 Å². The fourth-order valence-corrected chi connectivity index (χ4v) is 1.43. The Hall–Kier alpha value is -1.59. The smallest absolute Gasteiger partial charge is 0.0991 e. The van der Waals surface area contributed by atoms with Crippen molar-refractivity contribution >= 4 is 0 Å². The van der Waals surface area contributed by atoms with Gasteiger partial charge in [0.25, 0.3) is 0 Å². The minimum Gasteiger partial charge on any atom is -0.321 e. The van der Waals surface area contributed by atoms with Crippen LogP contribution in [0.25, 0.3) is 0 Å². The molecule has 14 heavy (non-hydrogen) atoms. The maximum absolute atomic E-state index is 8.74. The molecule has 0 aliphatic rings. The quantitative estimate of drug-likeness (QED) is 0.736. The molecule has 1 unspecified atom stereocenters. The first-order valence-corrected chi connectivity index (χ1v) is 4.64. The Morgan fingerprint density at radius 1 is 1.64 bits per heavy atom. The molecule has 0 saturated heterocycles. The standard InChI is InChI=1S/C12H14N2/c1-3-10-7-9(8-13)5-6-11(10)12(14)4-2/h4-7,12H,2-3,14H2,1H3. The molecule has 0 bridgehead atoms. The zero-order valence-corrected chi connectivity index (χ0v) is 8.33. The minimum atomic E-state index is -0.141. The van der Waals surface area contributed by atoms with Crippen molar-refractivity contribution in [3.05, 3.63) is 47.5 Å². The minimum absolute atomic E-state index is 0.141. The van der Waals surface area contributed by atoms with E-state index in [1.165, 1.54) is 0 Å². The van der Waals surface area contributed by atoms with Gasteiger partial charge in [0.2, 0.25) is 0 Å². The number of nitrogens with zero attached hydrogens (tertiary/aromatic N) is 1. The average molecular weight is 186 g/mol. The number of nitrogens with two attached hydrogens (primary N) is 1. The fraction of sp³-hybridized carbons (Fsp3) is 0.250. The maximum Gasteiger partial charge on any atom is 0.0991 e. The first-order valence-electron chi connectivity index (χ1n) is 4.64. The monoisotopic (exact) mass is 186 g/mol. The zero-order chi connectivity index (χ0) is 10.6. The van der Waals surface area contributed by atoms with Crippen LogP contribution in [-0.2, 0) is 6.42 Å². The molecule has 2 N–H and O–H groups in total. The zero-order valence-electron chi connectivity index (χ0n) is 8.33. The maximum atomic E-state index is 8.74. The Kier molecular flexibility index (Phi) is 3.44. The van der Waals surface area contributed by atoms with E-state index >= 15 is 0 Å². The van der Waals surface area contributed by atoms with Crippen LogP contribution in [0, 0.1) is 11.3 Å². The van der Waals surface area contributed by atoms with Gasteiger partial charge in [0.15, 0.2) is 0 Å². The van der Waals surface area contributed by atoms with Crippen LogP contribution in [-0.4, -0.2) is 0 Å². The second-order valence-electron chi connectivity index (χ2n) is 3.14. The molecule has 2 nitrogen and oxygen atoms in total. The van der Waals surface area contributed by atoms with Crippen molar-refractivity contribution < 1.29 is 0 Å². The van der Waals surface area contributed by atoms with E-state index in [4.69, 9.17) is 11.0 Å². The van der Waals surface area contributed by atoms with E-state index in [-0.39, 0.29) is 6.04 Å². The lowest BCUT2D eigenvalue weighted by Gasteiger charge is -2.11. The van der Waals surface area contributed by atoms with E-state index in [1.807, 2.05) is 12.1 Å². The highest BCUT2D eigenvalue weighted by molar-refractivity contribution is 5.40. The molecule has 1 atom stereocenters. The lowest BCUT2D eigenvalue weighted by atomic mass is 9.97. The van der Waals surface area contributed by atoms with E-state index in [0.29, 0.717) is 5.56 Å². The lowest BCUT2D eigenvalue weighted by molar-refractivity contribution is 0.885. The lowest BCUT2D eigenvalue weighted by Crippen LogP contribution is -2.09. The number of rotatable bonds is 3. The summed E-state index contributed by atoms with van der Waals surface area (Å²) in [5.41, 5.74) is 8.72. The second kappa shape index (κ2) is 4.59. The molecule has 1 aromatic rings. The van der Waals surface area contributed by atoms with Gasteiger partial charge in [0.1, 0.15) is 0 Å². The van der Waals surface area contributed by atoms with Crippen LogP contribution >= 0.6 is 0 Å². The molecular formula is C12H14N2. The third-order valence-corrected chi connectivity index (χ3v) is 2.27. The van der Waals surface area contributed by atoms with Gasteiger partial charge < -0.3 is 5.73 Å². The molecule has 0 saturated carbocycles. The summed E-state index contributed by atoms with van der Waals surface area (Å²) in [7, 11) is 0. The van der Waals surface area contributed by atoms with Crippen molar-refractivity contribution in [2.75, 3.05) is 0 Å². The number of benzene rings is 1. The highest BCUT2D eigenvalue weighted by atomic mass is 14.6. The van der Waals surface area contributed by atoms with Crippen LogP contribution in [0.1, 0.15) is 29.7 Å². The van der Waals surface area contributed by atoms with E-state index in [2.05, 4.69) is 19.6 Å². The van der Waals surface area contributed by atoms with Gasteiger partial charge in [-0.05, 0) is 29.7 Å². The topological polar surface area (TPSA) is 49.8 Å².